The molecule has 1 atom stereocenters. The first-order chi connectivity index (χ1) is 8.52. The van der Waals surface area contributed by atoms with Crippen LogP contribution in [0, 0.1) is 5.92 Å². The second-order valence-corrected chi connectivity index (χ2v) is 6.24. The number of likely N-dealkylation sites (N-methyl/N-ethyl adjacent to an activating group) is 1. The lowest BCUT2D eigenvalue weighted by Gasteiger charge is -2.35. The summed E-state index contributed by atoms with van der Waals surface area (Å²) >= 11 is 0. The number of hydrogen-bond acceptors (Lipinski definition) is 3. The molecule has 1 fully saturated rings. The van der Waals surface area contributed by atoms with Gasteiger partial charge in [-0.1, -0.05) is 27.2 Å². The maximum atomic E-state index is 9.99. The predicted octanol–water partition coefficient (Wildman–Crippen LogP) is 2.25. The zero-order valence-electron chi connectivity index (χ0n) is 12.7. The van der Waals surface area contributed by atoms with Gasteiger partial charge in [-0.25, -0.2) is 0 Å². The van der Waals surface area contributed by atoms with Crippen molar-refractivity contribution in [2.24, 2.45) is 5.92 Å². The van der Waals surface area contributed by atoms with E-state index in [1.807, 2.05) is 0 Å². The summed E-state index contributed by atoms with van der Waals surface area (Å²) in [4.78, 5) is 2.36. The van der Waals surface area contributed by atoms with Crippen molar-refractivity contribution < 1.29 is 5.11 Å². The first-order valence-corrected chi connectivity index (χ1v) is 7.64. The topological polar surface area (TPSA) is 35.5 Å². The Labute approximate surface area is 113 Å². The third-order valence-corrected chi connectivity index (χ3v) is 4.28. The highest BCUT2D eigenvalue weighted by atomic mass is 16.3. The average Bonchev–Trinajstić information content (AvgIpc) is 2.36. The number of nitrogens with one attached hydrogen (secondary N) is 1. The van der Waals surface area contributed by atoms with E-state index in [9.17, 15) is 5.11 Å². The van der Waals surface area contributed by atoms with Crippen molar-refractivity contribution in [2.75, 3.05) is 20.1 Å². The highest BCUT2D eigenvalue weighted by Crippen LogP contribution is 2.28. The SMILES string of the molecule is CCC1CCC(N(C)CC(O)CNC(C)C)CC1. The smallest absolute Gasteiger partial charge is 0.0791 e. The molecule has 1 aliphatic rings. The molecule has 1 saturated carbocycles. The van der Waals surface area contributed by atoms with Crippen LogP contribution in [0.25, 0.3) is 0 Å². The second-order valence-electron chi connectivity index (χ2n) is 6.24. The van der Waals surface area contributed by atoms with Crippen LogP contribution in [-0.2, 0) is 0 Å². The summed E-state index contributed by atoms with van der Waals surface area (Å²) in [6, 6.07) is 1.13. The van der Waals surface area contributed by atoms with Crippen LogP contribution in [0.4, 0.5) is 0 Å². The number of aliphatic hydroxyl groups is 1. The molecule has 3 nitrogen and oxygen atoms in total. The van der Waals surface area contributed by atoms with Crippen LogP contribution in [0.5, 0.6) is 0 Å². The molecule has 18 heavy (non-hydrogen) atoms. The molecule has 0 spiro atoms. The Morgan fingerprint density at radius 1 is 1.22 bits per heavy atom. The quantitative estimate of drug-likeness (QED) is 0.733. The minimum Gasteiger partial charge on any atom is -0.390 e. The monoisotopic (exact) mass is 256 g/mol. The highest BCUT2D eigenvalue weighted by molar-refractivity contribution is 4.79. The molecule has 3 heteroatoms. The summed E-state index contributed by atoms with van der Waals surface area (Å²) in [6.07, 6.45) is 6.43. The number of nitrogens with zero attached hydrogens (tertiary/aromatic N) is 1. The van der Waals surface area contributed by atoms with Crippen molar-refractivity contribution in [1.29, 1.82) is 0 Å². The van der Waals surface area contributed by atoms with Crippen molar-refractivity contribution in [3.05, 3.63) is 0 Å². The molecule has 1 unspecified atom stereocenters. The van der Waals surface area contributed by atoms with Crippen molar-refractivity contribution in [1.82, 2.24) is 10.2 Å². The number of aliphatic hydroxyl groups excluding tert-OH is 1. The molecule has 0 aliphatic heterocycles. The molecule has 0 bridgehead atoms. The molecule has 2 N–H and O–H groups in total. The molecule has 0 heterocycles. The Kier molecular flexibility index (Phi) is 7.20. The molecule has 0 aromatic heterocycles. The van der Waals surface area contributed by atoms with E-state index < -0.39 is 0 Å². The van der Waals surface area contributed by atoms with Crippen molar-refractivity contribution in [2.45, 2.75) is 71.1 Å². The molecule has 0 radical (unpaired) electrons. The Hall–Kier alpha value is -0.120. The summed E-state index contributed by atoms with van der Waals surface area (Å²) in [6.45, 7) is 8.02. The van der Waals surface area contributed by atoms with Crippen LogP contribution < -0.4 is 5.32 Å². The summed E-state index contributed by atoms with van der Waals surface area (Å²) in [5, 5.41) is 13.3. The summed E-state index contributed by atoms with van der Waals surface area (Å²) in [7, 11) is 2.16. The van der Waals surface area contributed by atoms with Crippen molar-refractivity contribution >= 4 is 0 Å². The molecule has 0 saturated heterocycles. The van der Waals surface area contributed by atoms with Gasteiger partial charge in [-0.15, -0.1) is 0 Å². The second kappa shape index (κ2) is 8.13. The zero-order valence-corrected chi connectivity index (χ0v) is 12.7. The highest BCUT2D eigenvalue weighted by Gasteiger charge is 2.24. The molecule has 108 valence electrons. The van der Waals surface area contributed by atoms with E-state index in [1.165, 1.54) is 32.1 Å². The maximum absolute atomic E-state index is 9.99. The van der Waals surface area contributed by atoms with Gasteiger partial charge in [-0.3, -0.25) is 0 Å². The average molecular weight is 256 g/mol. The lowest BCUT2D eigenvalue weighted by molar-refractivity contribution is 0.0824. The van der Waals surface area contributed by atoms with Gasteiger partial charge in [0.15, 0.2) is 0 Å². The third-order valence-electron chi connectivity index (χ3n) is 4.28. The normalized spacial score (nSPS) is 26.8. The van der Waals surface area contributed by atoms with E-state index in [4.69, 9.17) is 0 Å². The Bertz CT molecular complexity index is 213. The predicted molar refractivity (Wildman–Crippen MR) is 77.8 cm³/mol. The van der Waals surface area contributed by atoms with E-state index in [0.717, 1.165) is 12.5 Å². The first kappa shape index (κ1) is 15.9. The number of rotatable bonds is 7. The van der Waals surface area contributed by atoms with Crippen LogP contribution in [0.1, 0.15) is 52.9 Å². The summed E-state index contributed by atoms with van der Waals surface area (Å²) in [5.41, 5.74) is 0. The van der Waals surface area contributed by atoms with Crippen LogP contribution in [0.3, 0.4) is 0 Å². The Morgan fingerprint density at radius 3 is 2.33 bits per heavy atom. The van der Waals surface area contributed by atoms with E-state index in [2.05, 4.69) is 38.0 Å². The van der Waals surface area contributed by atoms with Gasteiger partial charge >= 0.3 is 0 Å². The minimum absolute atomic E-state index is 0.249. The van der Waals surface area contributed by atoms with Crippen molar-refractivity contribution in [3.8, 4) is 0 Å². The molecule has 1 rings (SSSR count). The molecular formula is C15H32N2O. The van der Waals surface area contributed by atoms with Gasteiger partial charge in [-0.2, -0.15) is 0 Å². The van der Waals surface area contributed by atoms with Gasteiger partial charge in [0.1, 0.15) is 0 Å². The van der Waals surface area contributed by atoms with Gasteiger partial charge in [0.05, 0.1) is 6.10 Å². The van der Waals surface area contributed by atoms with Crippen LogP contribution in [0.2, 0.25) is 0 Å². The Morgan fingerprint density at radius 2 is 1.83 bits per heavy atom. The minimum atomic E-state index is -0.249. The third kappa shape index (κ3) is 5.68. The fraction of sp³-hybridized carbons (Fsp3) is 1.00. The van der Waals surface area contributed by atoms with E-state index in [-0.39, 0.29) is 6.10 Å². The molecule has 1 aliphatic carbocycles. The van der Waals surface area contributed by atoms with Crippen LogP contribution >= 0.6 is 0 Å². The fourth-order valence-corrected chi connectivity index (χ4v) is 2.91. The van der Waals surface area contributed by atoms with E-state index in [1.54, 1.807) is 0 Å². The molecule has 0 amide bonds. The lowest BCUT2D eigenvalue weighted by atomic mass is 9.84. The number of hydrogen-bond donors (Lipinski definition) is 2. The van der Waals surface area contributed by atoms with Gasteiger partial charge < -0.3 is 15.3 Å². The Balaban J connectivity index is 2.22. The molecule has 0 aromatic rings. The molecule has 0 aromatic carbocycles. The van der Waals surface area contributed by atoms with Crippen molar-refractivity contribution in [3.63, 3.8) is 0 Å². The summed E-state index contributed by atoms with van der Waals surface area (Å²) < 4.78 is 0. The lowest BCUT2D eigenvalue weighted by Crippen LogP contribution is -2.43. The van der Waals surface area contributed by atoms with Crippen LogP contribution in [0.15, 0.2) is 0 Å². The van der Waals surface area contributed by atoms with E-state index >= 15 is 0 Å². The van der Waals surface area contributed by atoms with Gasteiger partial charge in [0, 0.05) is 25.2 Å². The van der Waals surface area contributed by atoms with Gasteiger partial charge in [-0.05, 0) is 38.6 Å². The van der Waals surface area contributed by atoms with Gasteiger partial charge in [0.2, 0.25) is 0 Å². The fourth-order valence-electron chi connectivity index (χ4n) is 2.91. The zero-order chi connectivity index (χ0) is 13.5. The van der Waals surface area contributed by atoms with Gasteiger partial charge in [0.25, 0.3) is 0 Å². The standard InChI is InChI=1S/C15H32N2O/c1-5-13-6-8-14(9-7-13)17(4)11-15(18)10-16-12(2)3/h12-16,18H,5-11H2,1-4H3. The largest absolute Gasteiger partial charge is 0.390 e. The first-order valence-electron chi connectivity index (χ1n) is 7.64. The molecular weight excluding hydrogens is 224 g/mol. The summed E-state index contributed by atoms with van der Waals surface area (Å²) in [5.74, 6) is 0.946. The van der Waals surface area contributed by atoms with Crippen LogP contribution in [-0.4, -0.2) is 48.3 Å². The maximum Gasteiger partial charge on any atom is 0.0791 e. The van der Waals surface area contributed by atoms with E-state index in [0.29, 0.717) is 18.6 Å².